The van der Waals surface area contributed by atoms with Crippen molar-refractivity contribution in [1.82, 2.24) is 9.80 Å². The molecule has 0 spiro atoms. The average molecular weight is 435 g/mol. The maximum absolute atomic E-state index is 13.0. The monoisotopic (exact) mass is 433 g/mol. The zero-order chi connectivity index (χ0) is 18.8. The van der Waals surface area contributed by atoms with Crippen molar-refractivity contribution in [3.05, 3.63) is 33.8 Å². The maximum Gasteiger partial charge on any atom is 0.253 e. The quantitative estimate of drug-likeness (QED) is 0.792. The summed E-state index contributed by atoms with van der Waals surface area (Å²) in [5.41, 5.74) is 6.28. The van der Waals surface area contributed by atoms with Gasteiger partial charge in [-0.3, -0.25) is 9.59 Å². The fourth-order valence-electron chi connectivity index (χ4n) is 4.03. The van der Waals surface area contributed by atoms with E-state index in [1.165, 1.54) is 0 Å². The predicted molar refractivity (Wildman–Crippen MR) is 111 cm³/mol. The van der Waals surface area contributed by atoms with Gasteiger partial charge >= 0.3 is 0 Å². The van der Waals surface area contributed by atoms with E-state index in [0.29, 0.717) is 41.2 Å². The highest BCUT2D eigenvalue weighted by Gasteiger charge is 2.37. The Kier molecular flexibility index (Phi) is 7.81. The first-order chi connectivity index (χ1) is 12.4. The predicted octanol–water partition coefficient (Wildman–Crippen LogP) is 3.46. The summed E-state index contributed by atoms with van der Waals surface area (Å²) in [5.74, 6) is 0.288. The van der Waals surface area contributed by atoms with Crippen LogP contribution in [0.15, 0.2) is 18.2 Å². The number of hydrogen-bond donors (Lipinski definition) is 1. The lowest BCUT2D eigenvalue weighted by Crippen LogP contribution is -2.47. The van der Waals surface area contributed by atoms with E-state index in [1.54, 1.807) is 23.1 Å². The van der Waals surface area contributed by atoms with Crippen LogP contribution in [-0.2, 0) is 4.79 Å². The summed E-state index contributed by atoms with van der Waals surface area (Å²) in [6.45, 7) is 4.53. The van der Waals surface area contributed by atoms with Crippen LogP contribution in [0.3, 0.4) is 0 Å². The smallest absolute Gasteiger partial charge is 0.253 e. The van der Waals surface area contributed by atoms with E-state index in [9.17, 15) is 9.59 Å². The summed E-state index contributed by atoms with van der Waals surface area (Å²) in [6.07, 6.45) is 2.60. The molecule has 0 saturated carbocycles. The first kappa shape index (κ1) is 22.3. The highest BCUT2D eigenvalue weighted by Crippen LogP contribution is 2.28. The van der Waals surface area contributed by atoms with Crippen LogP contribution in [0, 0.1) is 11.8 Å². The molecule has 27 heavy (non-hydrogen) atoms. The number of halogens is 3. The van der Waals surface area contributed by atoms with Crippen molar-refractivity contribution in [2.24, 2.45) is 17.6 Å². The number of nitrogens with two attached hydrogens (primary N) is 1. The Balaban J connectivity index is 0.00000261. The van der Waals surface area contributed by atoms with E-state index in [4.69, 9.17) is 28.9 Å². The fraction of sp³-hybridized carbons (Fsp3) is 0.579. The summed E-state index contributed by atoms with van der Waals surface area (Å²) < 4.78 is 0. The number of amides is 2. The molecule has 1 aromatic rings. The van der Waals surface area contributed by atoms with Crippen molar-refractivity contribution < 1.29 is 9.59 Å². The summed E-state index contributed by atoms with van der Waals surface area (Å²) in [5, 5.41) is 0.785. The van der Waals surface area contributed by atoms with Crippen molar-refractivity contribution in [2.45, 2.75) is 32.2 Å². The lowest BCUT2D eigenvalue weighted by Gasteiger charge is -2.35. The molecule has 3 unspecified atom stereocenters. The summed E-state index contributed by atoms with van der Waals surface area (Å²) in [7, 11) is 0. The molecule has 2 saturated heterocycles. The Morgan fingerprint density at radius 1 is 1.22 bits per heavy atom. The first-order valence-corrected chi connectivity index (χ1v) is 9.91. The Bertz CT molecular complexity index is 701. The molecule has 5 nitrogen and oxygen atoms in total. The van der Waals surface area contributed by atoms with Gasteiger partial charge in [0, 0.05) is 31.2 Å². The minimum absolute atomic E-state index is 0. The van der Waals surface area contributed by atoms with Gasteiger partial charge in [0.1, 0.15) is 0 Å². The van der Waals surface area contributed by atoms with E-state index in [-0.39, 0.29) is 36.2 Å². The second-order valence-electron chi connectivity index (χ2n) is 7.40. The molecule has 2 amide bonds. The highest BCUT2D eigenvalue weighted by molar-refractivity contribution is 6.42. The zero-order valence-electron chi connectivity index (χ0n) is 15.4. The number of rotatable bonds is 3. The van der Waals surface area contributed by atoms with Crippen molar-refractivity contribution in [1.29, 1.82) is 0 Å². The number of carbonyl (C=O) groups excluding carboxylic acids is 2. The zero-order valence-corrected chi connectivity index (χ0v) is 17.7. The molecule has 150 valence electrons. The lowest BCUT2D eigenvalue weighted by atomic mass is 9.95. The third-order valence-electron chi connectivity index (χ3n) is 5.50. The standard InChI is InChI=1S/C19H25Cl2N3O2.ClH/c1-12-7-13(9-22)10-24(12)19(26)15-3-2-6-23(11-15)18(25)14-4-5-16(20)17(21)8-14;/h4-5,8,12-13,15H,2-3,6-7,9-11,22H2,1H3;1H. The molecule has 1 aromatic carbocycles. The number of likely N-dealkylation sites (tertiary alicyclic amines) is 2. The fourth-order valence-corrected chi connectivity index (χ4v) is 4.33. The highest BCUT2D eigenvalue weighted by atomic mass is 35.5. The van der Waals surface area contributed by atoms with Gasteiger partial charge in [0.05, 0.1) is 16.0 Å². The third kappa shape index (κ3) is 4.89. The van der Waals surface area contributed by atoms with Crippen LogP contribution in [0.5, 0.6) is 0 Å². The van der Waals surface area contributed by atoms with Gasteiger partial charge in [0.25, 0.3) is 5.91 Å². The van der Waals surface area contributed by atoms with Gasteiger partial charge in [-0.1, -0.05) is 23.2 Å². The van der Waals surface area contributed by atoms with Crippen LogP contribution < -0.4 is 5.73 Å². The molecule has 0 radical (unpaired) electrons. The number of benzene rings is 1. The van der Waals surface area contributed by atoms with Gasteiger partial charge in [-0.2, -0.15) is 0 Å². The van der Waals surface area contributed by atoms with E-state index in [1.807, 2.05) is 4.90 Å². The third-order valence-corrected chi connectivity index (χ3v) is 6.24. The molecule has 0 bridgehead atoms. The summed E-state index contributed by atoms with van der Waals surface area (Å²) in [4.78, 5) is 29.5. The van der Waals surface area contributed by atoms with Crippen molar-refractivity contribution in [3.63, 3.8) is 0 Å². The van der Waals surface area contributed by atoms with Crippen molar-refractivity contribution in [2.75, 3.05) is 26.2 Å². The molecular weight excluding hydrogens is 409 g/mol. The normalized spacial score (nSPS) is 25.3. The van der Waals surface area contributed by atoms with Crippen LogP contribution in [0.4, 0.5) is 0 Å². The summed E-state index contributed by atoms with van der Waals surface area (Å²) >= 11 is 12.0. The number of carbonyl (C=O) groups is 2. The second kappa shape index (κ2) is 9.46. The largest absolute Gasteiger partial charge is 0.339 e. The molecule has 0 aliphatic carbocycles. The summed E-state index contributed by atoms with van der Waals surface area (Å²) in [6, 6.07) is 5.11. The molecule has 2 aliphatic heterocycles. The molecule has 8 heteroatoms. The molecule has 2 heterocycles. The number of nitrogens with zero attached hydrogens (tertiary/aromatic N) is 2. The van der Waals surface area contributed by atoms with Gasteiger partial charge in [-0.15, -0.1) is 12.4 Å². The average Bonchev–Trinajstić information content (AvgIpc) is 3.03. The Morgan fingerprint density at radius 3 is 2.59 bits per heavy atom. The minimum Gasteiger partial charge on any atom is -0.339 e. The van der Waals surface area contributed by atoms with Crippen LogP contribution in [0.25, 0.3) is 0 Å². The van der Waals surface area contributed by atoms with E-state index < -0.39 is 0 Å². The SMILES string of the molecule is CC1CC(CN)CN1C(=O)C1CCCN(C(=O)c2ccc(Cl)c(Cl)c2)C1.Cl. The molecule has 3 atom stereocenters. The minimum atomic E-state index is -0.144. The van der Waals surface area contributed by atoms with Crippen molar-refractivity contribution in [3.8, 4) is 0 Å². The molecule has 2 fully saturated rings. The second-order valence-corrected chi connectivity index (χ2v) is 8.21. The number of piperidine rings is 1. The van der Waals surface area contributed by atoms with E-state index >= 15 is 0 Å². The Labute approximate surface area is 176 Å². The van der Waals surface area contributed by atoms with Gasteiger partial charge in [-0.25, -0.2) is 0 Å². The number of hydrogen-bond acceptors (Lipinski definition) is 3. The van der Waals surface area contributed by atoms with Crippen molar-refractivity contribution >= 4 is 47.4 Å². The molecule has 2 aliphatic rings. The van der Waals surface area contributed by atoms with Crippen LogP contribution in [0.2, 0.25) is 10.0 Å². The molecule has 3 rings (SSSR count). The molecule has 2 N–H and O–H groups in total. The van der Waals surface area contributed by atoms with Crippen LogP contribution >= 0.6 is 35.6 Å². The molecule has 0 aromatic heterocycles. The van der Waals surface area contributed by atoms with Crippen LogP contribution in [-0.4, -0.2) is 53.8 Å². The van der Waals surface area contributed by atoms with E-state index in [2.05, 4.69) is 6.92 Å². The van der Waals surface area contributed by atoms with Gasteiger partial charge in [0.15, 0.2) is 0 Å². The lowest BCUT2D eigenvalue weighted by molar-refractivity contribution is -0.137. The van der Waals surface area contributed by atoms with Gasteiger partial charge in [-0.05, 0) is 56.8 Å². The molecular formula is C19H26Cl3N3O2. The van der Waals surface area contributed by atoms with Gasteiger partial charge in [0.2, 0.25) is 5.91 Å². The van der Waals surface area contributed by atoms with Crippen LogP contribution in [0.1, 0.15) is 36.5 Å². The Morgan fingerprint density at radius 2 is 1.96 bits per heavy atom. The van der Waals surface area contributed by atoms with E-state index in [0.717, 1.165) is 25.8 Å². The Hall–Kier alpha value is -1.01. The topological polar surface area (TPSA) is 66.6 Å². The maximum atomic E-state index is 13.0. The van der Waals surface area contributed by atoms with Gasteiger partial charge < -0.3 is 15.5 Å². The first-order valence-electron chi connectivity index (χ1n) is 9.15.